The normalized spacial score (nSPS) is 31.1. The van der Waals surface area contributed by atoms with Crippen molar-refractivity contribution in [1.29, 1.82) is 0 Å². The minimum Gasteiger partial charge on any atom is -0.368 e. The average Bonchev–Trinajstić information content (AvgIpc) is 2.76. The molecule has 19 heavy (non-hydrogen) atoms. The maximum atomic E-state index is 6.34. The molecular formula is C15H24BrNOS. The zero-order valence-corrected chi connectivity index (χ0v) is 14.3. The highest BCUT2D eigenvalue weighted by molar-refractivity contribution is 9.11. The fourth-order valence-corrected chi connectivity index (χ4v) is 4.34. The fourth-order valence-electron chi connectivity index (χ4n) is 2.76. The van der Waals surface area contributed by atoms with Crippen LogP contribution in [0.25, 0.3) is 0 Å². The van der Waals surface area contributed by atoms with Crippen LogP contribution in [0.2, 0.25) is 0 Å². The lowest BCUT2D eigenvalue weighted by Crippen LogP contribution is -2.33. The molecule has 5 atom stereocenters. The molecule has 1 aliphatic carbocycles. The summed E-state index contributed by atoms with van der Waals surface area (Å²) in [5.74, 6) is 1.58. The number of hydrogen-bond acceptors (Lipinski definition) is 3. The second-order valence-corrected chi connectivity index (χ2v) is 8.44. The number of halogens is 1. The second kappa shape index (κ2) is 6.70. The molecule has 2 nitrogen and oxygen atoms in total. The van der Waals surface area contributed by atoms with Gasteiger partial charge in [0.15, 0.2) is 0 Å². The molecule has 4 heteroatoms. The van der Waals surface area contributed by atoms with E-state index in [9.17, 15) is 0 Å². The minimum atomic E-state index is 0.0280. The van der Waals surface area contributed by atoms with Crippen LogP contribution in [-0.4, -0.2) is 12.1 Å². The van der Waals surface area contributed by atoms with Gasteiger partial charge in [-0.3, -0.25) is 0 Å². The van der Waals surface area contributed by atoms with Gasteiger partial charge < -0.3 is 10.5 Å². The van der Waals surface area contributed by atoms with E-state index < -0.39 is 0 Å². The van der Waals surface area contributed by atoms with Gasteiger partial charge in [-0.05, 0) is 66.1 Å². The molecule has 1 aromatic rings. The summed E-state index contributed by atoms with van der Waals surface area (Å²) in [6.07, 6.45) is 3.99. The van der Waals surface area contributed by atoms with Crippen molar-refractivity contribution in [3.05, 3.63) is 20.8 Å². The summed E-state index contributed by atoms with van der Waals surface area (Å²) in [4.78, 5) is 1.23. The van der Waals surface area contributed by atoms with Crippen LogP contribution in [0.3, 0.4) is 0 Å². The Morgan fingerprint density at radius 3 is 2.58 bits per heavy atom. The molecule has 1 heterocycles. The van der Waals surface area contributed by atoms with Crippen LogP contribution < -0.4 is 5.73 Å². The molecule has 0 spiro atoms. The van der Waals surface area contributed by atoms with Crippen molar-refractivity contribution in [1.82, 2.24) is 0 Å². The third-order valence-electron chi connectivity index (χ3n) is 4.24. The molecule has 1 aliphatic rings. The maximum absolute atomic E-state index is 6.34. The first-order valence-electron chi connectivity index (χ1n) is 7.13. The van der Waals surface area contributed by atoms with Crippen LogP contribution in [0.1, 0.15) is 51.0 Å². The smallest absolute Gasteiger partial charge is 0.107 e. The Bertz CT molecular complexity index is 407. The molecule has 0 amide bonds. The Morgan fingerprint density at radius 2 is 2.05 bits per heavy atom. The molecule has 5 unspecified atom stereocenters. The van der Waals surface area contributed by atoms with E-state index in [1.807, 2.05) is 6.92 Å². The van der Waals surface area contributed by atoms with Crippen molar-refractivity contribution in [2.75, 3.05) is 0 Å². The number of thiophene rings is 1. The van der Waals surface area contributed by atoms with E-state index in [-0.39, 0.29) is 12.1 Å². The van der Waals surface area contributed by atoms with Crippen LogP contribution in [0.5, 0.6) is 0 Å². The number of rotatable bonds is 4. The lowest BCUT2D eigenvalue weighted by molar-refractivity contribution is -0.0553. The van der Waals surface area contributed by atoms with E-state index in [0.717, 1.165) is 22.0 Å². The van der Waals surface area contributed by atoms with Crippen molar-refractivity contribution in [3.8, 4) is 0 Å². The van der Waals surface area contributed by atoms with Crippen molar-refractivity contribution in [3.63, 3.8) is 0 Å². The summed E-state index contributed by atoms with van der Waals surface area (Å²) < 4.78 is 7.48. The highest BCUT2D eigenvalue weighted by Crippen LogP contribution is 2.36. The molecule has 2 N–H and O–H groups in total. The van der Waals surface area contributed by atoms with Crippen molar-refractivity contribution in [2.45, 2.75) is 58.3 Å². The molecule has 0 aliphatic heterocycles. The van der Waals surface area contributed by atoms with Crippen LogP contribution in [-0.2, 0) is 4.74 Å². The summed E-state index contributed by atoms with van der Waals surface area (Å²) in [5, 5.41) is 0. The molecule has 0 aromatic carbocycles. The average molecular weight is 346 g/mol. The van der Waals surface area contributed by atoms with E-state index >= 15 is 0 Å². The molecule has 108 valence electrons. The molecule has 1 aromatic heterocycles. The van der Waals surface area contributed by atoms with Gasteiger partial charge in [-0.1, -0.05) is 13.8 Å². The first-order chi connectivity index (χ1) is 8.97. The predicted octanol–water partition coefficient (Wildman–Crippen LogP) is 4.74. The SMILES string of the molecule is CC(N)C(OC1CCC(C)C(C)C1)c1ccc(Br)s1. The van der Waals surface area contributed by atoms with Crippen LogP contribution in [0.15, 0.2) is 15.9 Å². The van der Waals surface area contributed by atoms with Gasteiger partial charge in [-0.15, -0.1) is 11.3 Å². The monoisotopic (exact) mass is 345 g/mol. The van der Waals surface area contributed by atoms with Gasteiger partial charge in [0.2, 0.25) is 0 Å². The van der Waals surface area contributed by atoms with E-state index in [0.29, 0.717) is 6.10 Å². The Balaban J connectivity index is 2.01. The molecule has 0 radical (unpaired) electrons. The Morgan fingerprint density at radius 1 is 1.32 bits per heavy atom. The maximum Gasteiger partial charge on any atom is 0.107 e. The van der Waals surface area contributed by atoms with Gasteiger partial charge in [-0.25, -0.2) is 0 Å². The Kier molecular flexibility index (Phi) is 5.46. The molecule has 0 bridgehead atoms. The summed E-state index contributed by atoms with van der Waals surface area (Å²) in [6.45, 7) is 6.72. The van der Waals surface area contributed by atoms with E-state index in [1.165, 1.54) is 17.7 Å². The second-order valence-electron chi connectivity index (χ2n) is 5.95. The van der Waals surface area contributed by atoms with Crippen LogP contribution in [0.4, 0.5) is 0 Å². The van der Waals surface area contributed by atoms with Gasteiger partial charge in [0.25, 0.3) is 0 Å². The lowest BCUT2D eigenvalue weighted by atomic mass is 9.80. The summed E-state index contributed by atoms with van der Waals surface area (Å²) in [7, 11) is 0. The molecule has 1 fully saturated rings. The van der Waals surface area contributed by atoms with Gasteiger partial charge in [0, 0.05) is 10.9 Å². The van der Waals surface area contributed by atoms with Gasteiger partial charge in [-0.2, -0.15) is 0 Å². The standard InChI is InChI=1S/C15H24BrNOS/c1-9-4-5-12(8-10(9)2)18-15(11(3)17)13-6-7-14(16)19-13/h6-7,9-12,15H,4-5,8,17H2,1-3H3. The van der Waals surface area contributed by atoms with E-state index in [2.05, 4.69) is 41.9 Å². The first-order valence-corrected chi connectivity index (χ1v) is 8.74. The lowest BCUT2D eigenvalue weighted by Gasteiger charge is -2.35. The summed E-state index contributed by atoms with van der Waals surface area (Å²) in [6, 6.07) is 4.22. The fraction of sp³-hybridized carbons (Fsp3) is 0.733. The molecule has 0 saturated heterocycles. The first kappa shape index (κ1) is 15.5. The zero-order valence-electron chi connectivity index (χ0n) is 11.9. The third-order valence-corrected chi connectivity index (χ3v) is 5.93. The van der Waals surface area contributed by atoms with Crippen LogP contribution in [0, 0.1) is 11.8 Å². The largest absolute Gasteiger partial charge is 0.368 e. The third kappa shape index (κ3) is 4.03. The van der Waals surface area contributed by atoms with Gasteiger partial charge in [0.1, 0.15) is 6.10 Å². The van der Waals surface area contributed by atoms with Crippen LogP contribution >= 0.6 is 27.3 Å². The van der Waals surface area contributed by atoms with Gasteiger partial charge >= 0.3 is 0 Å². The predicted molar refractivity (Wildman–Crippen MR) is 85.5 cm³/mol. The van der Waals surface area contributed by atoms with Crippen molar-refractivity contribution in [2.24, 2.45) is 17.6 Å². The molecule has 2 rings (SSSR count). The van der Waals surface area contributed by atoms with E-state index in [4.69, 9.17) is 10.5 Å². The quantitative estimate of drug-likeness (QED) is 0.855. The van der Waals surface area contributed by atoms with E-state index in [1.54, 1.807) is 11.3 Å². The molecular weight excluding hydrogens is 322 g/mol. The Labute approximate surface area is 128 Å². The number of ether oxygens (including phenoxy) is 1. The number of hydrogen-bond donors (Lipinski definition) is 1. The van der Waals surface area contributed by atoms with Crippen molar-refractivity contribution >= 4 is 27.3 Å². The summed E-state index contributed by atoms with van der Waals surface area (Å²) in [5.41, 5.74) is 6.12. The highest BCUT2D eigenvalue weighted by atomic mass is 79.9. The topological polar surface area (TPSA) is 35.2 Å². The summed E-state index contributed by atoms with van der Waals surface area (Å²) >= 11 is 5.24. The zero-order chi connectivity index (χ0) is 14.0. The minimum absolute atomic E-state index is 0.0280. The number of nitrogens with two attached hydrogens (primary N) is 1. The Hall–Kier alpha value is 0.1000. The molecule has 1 saturated carbocycles. The van der Waals surface area contributed by atoms with Gasteiger partial charge in [0.05, 0.1) is 9.89 Å². The highest BCUT2D eigenvalue weighted by Gasteiger charge is 2.29. The van der Waals surface area contributed by atoms with Crippen molar-refractivity contribution < 1.29 is 4.74 Å².